The number of hydrogen-bond donors (Lipinski definition) is 1. The molecule has 0 spiro atoms. The van der Waals surface area contributed by atoms with Crippen LogP contribution in [0.25, 0.3) is 22.0 Å². The van der Waals surface area contributed by atoms with Gasteiger partial charge < -0.3 is 9.84 Å². The lowest BCUT2D eigenvalue weighted by molar-refractivity contribution is -0.160. The smallest absolute Gasteiger partial charge is 0.337 e. The van der Waals surface area contributed by atoms with Crippen LogP contribution in [0.15, 0.2) is 48.5 Å². The molecule has 4 nitrogen and oxygen atoms in total. The summed E-state index contributed by atoms with van der Waals surface area (Å²) in [7, 11) is 0. The molecule has 0 aliphatic rings. The summed E-state index contributed by atoms with van der Waals surface area (Å²) in [6, 6.07) is 15.9. The number of rotatable bonds is 4. The SMILES string of the molecule is Cc1ccc2c(-c3ccccc3)c([C@H](OC(C)(C)C)C(=O)O)c(C)nc2c1. The van der Waals surface area contributed by atoms with Crippen LogP contribution < -0.4 is 0 Å². The van der Waals surface area contributed by atoms with Gasteiger partial charge >= 0.3 is 5.97 Å². The normalized spacial score (nSPS) is 12.9. The Labute approximate surface area is 159 Å². The van der Waals surface area contributed by atoms with Gasteiger partial charge in [-0.05, 0) is 57.4 Å². The summed E-state index contributed by atoms with van der Waals surface area (Å²) in [5, 5.41) is 10.9. The fourth-order valence-corrected chi connectivity index (χ4v) is 3.34. The van der Waals surface area contributed by atoms with E-state index in [1.807, 2.05) is 83.1 Å². The van der Waals surface area contributed by atoms with Gasteiger partial charge in [-0.3, -0.25) is 4.98 Å². The highest BCUT2D eigenvalue weighted by molar-refractivity contribution is 5.98. The van der Waals surface area contributed by atoms with Gasteiger partial charge in [-0.1, -0.05) is 42.5 Å². The van der Waals surface area contributed by atoms with E-state index in [0.29, 0.717) is 11.3 Å². The van der Waals surface area contributed by atoms with Crippen molar-refractivity contribution in [2.75, 3.05) is 0 Å². The number of carbonyl (C=O) groups is 1. The van der Waals surface area contributed by atoms with Crippen molar-refractivity contribution in [3.05, 3.63) is 65.4 Å². The largest absolute Gasteiger partial charge is 0.479 e. The van der Waals surface area contributed by atoms with Gasteiger partial charge in [-0.15, -0.1) is 0 Å². The van der Waals surface area contributed by atoms with E-state index >= 15 is 0 Å². The molecular formula is C23H25NO3. The second-order valence-electron chi connectivity index (χ2n) is 7.82. The van der Waals surface area contributed by atoms with Gasteiger partial charge in [-0.25, -0.2) is 4.79 Å². The van der Waals surface area contributed by atoms with Crippen LogP contribution in [0.5, 0.6) is 0 Å². The quantitative estimate of drug-likeness (QED) is 0.669. The number of carboxylic acid groups (broad SMARTS) is 1. The summed E-state index contributed by atoms with van der Waals surface area (Å²) < 4.78 is 5.96. The minimum atomic E-state index is -1.10. The summed E-state index contributed by atoms with van der Waals surface area (Å²) >= 11 is 0. The molecule has 0 saturated heterocycles. The molecule has 140 valence electrons. The first-order valence-corrected chi connectivity index (χ1v) is 9.04. The maximum atomic E-state index is 12.2. The zero-order valence-corrected chi connectivity index (χ0v) is 16.4. The molecule has 0 aliphatic heterocycles. The maximum absolute atomic E-state index is 12.2. The highest BCUT2D eigenvalue weighted by Crippen LogP contribution is 2.39. The number of pyridine rings is 1. The first-order valence-electron chi connectivity index (χ1n) is 9.04. The first kappa shape index (κ1) is 19.1. The summed E-state index contributed by atoms with van der Waals surface area (Å²) in [6.07, 6.45) is -1.10. The van der Waals surface area contributed by atoms with E-state index < -0.39 is 17.7 Å². The third-order valence-electron chi connectivity index (χ3n) is 4.39. The number of aryl methyl sites for hydroxylation is 2. The number of hydrogen-bond acceptors (Lipinski definition) is 3. The van der Waals surface area contributed by atoms with Gasteiger partial charge in [0, 0.05) is 16.6 Å². The number of benzene rings is 2. The van der Waals surface area contributed by atoms with Crippen LogP contribution in [0, 0.1) is 13.8 Å². The second-order valence-corrected chi connectivity index (χ2v) is 7.82. The molecular weight excluding hydrogens is 338 g/mol. The molecule has 0 unspecified atom stereocenters. The van der Waals surface area contributed by atoms with Crippen molar-refractivity contribution in [1.82, 2.24) is 4.98 Å². The third-order valence-corrected chi connectivity index (χ3v) is 4.39. The summed E-state index contributed by atoms with van der Waals surface area (Å²) in [5.74, 6) is -1.02. The van der Waals surface area contributed by atoms with Crippen molar-refractivity contribution in [3.63, 3.8) is 0 Å². The Bertz CT molecular complexity index is 988. The van der Waals surface area contributed by atoms with E-state index in [1.54, 1.807) is 0 Å². The molecule has 3 aromatic rings. The number of fused-ring (bicyclic) bond motifs is 1. The molecule has 1 N–H and O–H groups in total. The molecule has 2 aromatic carbocycles. The van der Waals surface area contributed by atoms with Gasteiger partial charge in [0.25, 0.3) is 0 Å². The minimum absolute atomic E-state index is 0.605. The Morgan fingerprint density at radius 1 is 1.07 bits per heavy atom. The van der Waals surface area contributed by atoms with E-state index in [-0.39, 0.29) is 0 Å². The first-order chi connectivity index (χ1) is 12.7. The standard InChI is InChI=1S/C23H25NO3/c1-14-11-12-17-18(13-14)24-15(2)19(20(17)16-9-7-6-8-10-16)21(22(25)26)27-23(3,4)5/h6-13,21H,1-5H3,(H,25,26)/t21-/m0/s1. The molecule has 27 heavy (non-hydrogen) atoms. The number of aliphatic carboxylic acids is 1. The fourth-order valence-electron chi connectivity index (χ4n) is 3.34. The molecule has 0 aliphatic carbocycles. The van der Waals surface area contributed by atoms with E-state index in [1.165, 1.54) is 0 Å². The maximum Gasteiger partial charge on any atom is 0.337 e. The van der Waals surface area contributed by atoms with Gasteiger partial charge in [-0.2, -0.15) is 0 Å². The highest BCUT2D eigenvalue weighted by Gasteiger charge is 2.32. The Morgan fingerprint density at radius 3 is 2.33 bits per heavy atom. The average molecular weight is 363 g/mol. The third kappa shape index (κ3) is 4.01. The number of ether oxygens (including phenoxy) is 1. The Hall–Kier alpha value is -2.72. The Morgan fingerprint density at radius 2 is 1.74 bits per heavy atom. The van der Waals surface area contributed by atoms with Crippen molar-refractivity contribution in [3.8, 4) is 11.1 Å². The summed E-state index contributed by atoms with van der Waals surface area (Å²) in [4.78, 5) is 16.9. The lowest BCUT2D eigenvalue weighted by atomic mass is 9.90. The van der Waals surface area contributed by atoms with Gasteiger partial charge in [0.2, 0.25) is 0 Å². The monoisotopic (exact) mass is 363 g/mol. The molecule has 1 heterocycles. The molecule has 1 aromatic heterocycles. The van der Waals surface area contributed by atoms with Gasteiger partial charge in [0.1, 0.15) is 0 Å². The lowest BCUT2D eigenvalue weighted by Gasteiger charge is -2.28. The van der Waals surface area contributed by atoms with Crippen molar-refractivity contribution < 1.29 is 14.6 Å². The molecule has 1 atom stereocenters. The van der Waals surface area contributed by atoms with Crippen molar-refractivity contribution in [2.45, 2.75) is 46.3 Å². The number of nitrogens with zero attached hydrogens (tertiary/aromatic N) is 1. The van der Waals surface area contributed by atoms with Crippen molar-refractivity contribution in [1.29, 1.82) is 0 Å². The average Bonchev–Trinajstić information content (AvgIpc) is 2.58. The van der Waals surface area contributed by atoms with Crippen LogP contribution in [0.2, 0.25) is 0 Å². The zero-order chi connectivity index (χ0) is 19.8. The number of carboxylic acids is 1. The summed E-state index contributed by atoms with van der Waals surface area (Å²) in [6.45, 7) is 9.45. The second kappa shape index (κ2) is 7.12. The van der Waals surface area contributed by atoms with E-state index in [9.17, 15) is 9.90 Å². The van der Waals surface area contributed by atoms with Gasteiger partial charge in [0.05, 0.1) is 11.1 Å². The van der Waals surface area contributed by atoms with Crippen LogP contribution in [-0.4, -0.2) is 21.7 Å². The molecule has 3 rings (SSSR count). The van der Waals surface area contributed by atoms with Crippen LogP contribution in [-0.2, 0) is 9.53 Å². The fraction of sp³-hybridized carbons (Fsp3) is 0.304. The zero-order valence-electron chi connectivity index (χ0n) is 16.4. The predicted molar refractivity (Wildman–Crippen MR) is 108 cm³/mol. The Kier molecular flexibility index (Phi) is 5.03. The molecule has 4 heteroatoms. The molecule has 0 saturated carbocycles. The van der Waals surface area contributed by atoms with E-state index in [4.69, 9.17) is 9.72 Å². The highest BCUT2D eigenvalue weighted by atomic mass is 16.5. The van der Waals surface area contributed by atoms with Crippen molar-refractivity contribution in [2.24, 2.45) is 0 Å². The van der Waals surface area contributed by atoms with E-state index in [2.05, 4.69) is 0 Å². The number of aromatic nitrogens is 1. The molecule has 0 fully saturated rings. The predicted octanol–water partition coefficient (Wildman–Crippen LogP) is 5.46. The molecule has 0 amide bonds. The van der Waals surface area contributed by atoms with Crippen molar-refractivity contribution >= 4 is 16.9 Å². The van der Waals surface area contributed by atoms with Crippen LogP contribution in [0.3, 0.4) is 0 Å². The van der Waals surface area contributed by atoms with E-state index in [0.717, 1.165) is 27.6 Å². The summed E-state index contributed by atoms with van der Waals surface area (Å²) in [5.41, 5.74) is 4.47. The Balaban J connectivity index is 2.39. The molecule has 0 radical (unpaired) electrons. The van der Waals surface area contributed by atoms with Crippen LogP contribution >= 0.6 is 0 Å². The lowest BCUT2D eigenvalue weighted by Crippen LogP contribution is -2.28. The molecule has 0 bridgehead atoms. The van der Waals surface area contributed by atoms with Gasteiger partial charge in [0.15, 0.2) is 6.10 Å². The van der Waals surface area contributed by atoms with Crippen LogP contribution in [0.1, 0.15) is 43.7 Å². The topological polar surface area (TPSA) is 59.4 Å². The minimum Gasteiger partial charge on any atom is -0.479 e. The van der Waals surface area contributed by atoms with Crippen LogP contribution in [0.4, 0.5) is 0 Å².